The van der Waals surface area contributed by atoms with Crippen molar-refractivity contribution in [2.75, 3.05) is 11.9 Å². The van der Waals surface area contributed by atoms with Gasteiger partial charge in [0.15, 0.2) is 0 Å². The number of aromatic amines is 1. The topological polar surface area (TPSA) is 86.9 Å². The minimum atomic E-state index is -0.304. The van der Waals surface area contributed by atoms with Crippen LogP contribution in [-0.4, -0.2) is 22.5 Å². The summed E-state index contributed by atoms with van der Waals surface area (Å²) in [5.41, 5.74) is 0.954. The summed E-state index contributed by atoms with van der Waals surface area (Å²) in [6.07, 6.45) is 3.31. The van der Waals surface area contributed by atoms with E-state index >= 15 is 0 Å². The standard InChI is InChI=1S/C14H18N4O2S/c1-8-4-11(7-15-12(8)19)18-14(20)17-5-9(2)13-16-6-10(3)21-13/h4,6-7,9H,5H2,1-3H3,(H,15,19)(H2,17,18,20)/t9-/m0/s1. The minimum absolute atomic E-state index is 0.159. The van der Waals surface area contributed by atoms with Crippen LogP contribution < -0.4 is 16.2 Å². The second-order valence-corrected chi connectivity index (χ2v) is 6.21. The van der Waals surface area contributed by atoms with Gasteiger partial charge in [-0.15, -0.1) is 11.3 Å². The Hall–Kier alpha value is -2.15. The molecular formula is C14H18N4O2S. The molecule has 3 N–H and O–H groups in total. The highest BCUT2D eigenvalue weighted by molar-refractivity contribution is 7.11. The van der Waals surface area contributed by atoms with Crippen LogP contribution in [0.15, 0.2) is 23.3 Å². The third-order valence-corrected chi connectivity index (χ3v) is 4.12. The molecule has 2 aromatic rings. The third kappa shape index (κ3) is 4.16. The van der Waals surface area contributed by atoms with E-state index in [2.05, 4.69) is 20.6 Å². The molecule has 0 fully saturated rings. The van der Waals surface area contributed by atoms with Gasteiger partial charge >= 0.3 is 6.03 Å². The van der Waals surface area contributed by atoms with Crippen molar-refractivity contribution in [3.8, 4) is 0 Å². The van der Waals surface area contributed by atoms with Crippen LogP contribution in [0, 0.1) is 13.8 Å². The molecule has 0 aromatic carbocycles. The second-order valence-electron chi connectivity index (χ2n) is 4.95. The number of nitrogens with zero attached hydrogens (tertiary/aromatic N) is 1. The number of anilines is 1. The van der Waals surface area contributed by atoms with Crippen LogP contribution in [0.3, 0.4) is 0 Å². The van der Waals surface area contributed by atoms with Gasteiger partial charge in [-0.3, -0.25) is 4.79 Å². The predicted octanol–water partition coefficient (Wildman–Crippen LogP) is 2.37. The monoisotopic (exact) mass is 306 g/mol. The van der Waals surface area contributed by atoms with Crippen LogP contribution in [0.2, 0.25) is 0 Å². The molecule has 0 saturated carbocycles. The zero-order valence-electron chi connectivity index (χ0n) is 12.2. The average molecular weight is 306 g/mol. The fraction of sp³-hybridized carbons (Fsp3) is 0.357. The van der Waals surface area contributed by atoms with E-state index in [0.717, 1.165) is 9.88 Å². The molecule has 0 aliphatic carbocycles. The summed E-state index contributed by atoms with van der Waals surface area (Å²) in [6, 6.07) is 1.33. The zero-order chi connectivity index (χ0) is 15.4. The lowest BCUT2D eigenvalue weighted by Gasteiger charge is -2.11. The Morgan fingerprint density at radius 2 is 2.24 bits per heavy atom. The van der Waals surface area contributed by atoms with E-state index in [-0.39, 0.29) is 17.5 Å². The summed E-state index contributed by atoms with van der Waals surface area (Å²) in [5, 5.41) is 6.49. The van der Waals surface area contributed by atoms with Gasteiger partial charge in [0.25, 0.3) is 5.56 Å². The van der Waals surface area contributed by atoms with Gasteiger partial charge in [-0.2, -0.15) is 0 Å². The van der Waals surface area contributed by atoms with Gasteiger partial charge in [0.1, 0.15) is 0 Å². The van der Waals surface area contributed by atoms with Crippen LogP contribution in [0.25, 0.3) is 0 Å². The predicted molar refractivity (Wildman–Crippen MR) is 84.1 cm³/mol. The number of H-pyrrole nitrogens is 1. The van der Waals surface area contributed by atoms with E-state index in [9.17, 15) is 9.59 Å². The van der Waals surface area contributed by atoms with E-state index in [1.54, 1.807) is 24.3 Å². The molecule has 7 heteroatoms. The first-order valence-corrected chi connectivity index (χ1v) is 7.44. The largest absolute Gasteiger partial charge is 0.337 e. The van der Waals surface area contributed by atoms with Gasteiger partial charge in [-0.1, -0.05) is 6.92 Å². The van der Waals surface area contributed by atoms with Gasteiger partial charge in [0.05, 0.1) is 10.7 Å². The molecule has 112 valence electrons. The van der Waals surface area contributed by atoms with Crippen LogP contribution in [0.4, 0.5) is 10.5 Å². The van der Waals surface area contributed by atoms with Crippen LogP contribution >= 0.6 is 11.3 Å². The number of rotatable bonds is 4. The molecule has 2 amide bonds. The van der Waals surface area contributed by atoms with Crippen molar-refractivity contribution >= 4 is 23.1 Å². The van der Waals surface area contributed by atoms with Crippen molar-refractivity contribution < 1.29 is 4.79 Å². The molecule has 1 atom stereocenters. The Kier molecular flexibility index (Phi) is 4.74. The minimum Gasteiger partial charge on any atom is -0.337 e. The lowest BCUT2D eigenvalue weighted by Crippen LogP contribution is -2.32. The number of hydrogen-bond donors (Lipinski definition) is 3. The van der Waals surface area contributed by atoms with E-state index in [4.69, 9.17) is 0 Å². The Bertz CT molecular complexity index is 692. The highest BCUT2D eigenvalue weighted by Crippen LogP contribution is 2.20. The van der Waals surface area contributed by atoms with Gasteiger partial charge in [-0.05, 0) is 19.9 Å². The molecule has 0 aliphatic rings. The number of aryl methyl sites for hydroxylation is 2. The van der Waals surface area contributed by atoms with Crippen molar-refractivity contribution in [1.29, 1.82) is 0 Å². The molecule has 0 saturated heterocycles. The number of carbonyl (C=O) groups is 1. The molecule has 21 heavy (non-hydrogen) atoms. The first-order chi connectivity index (χ1) is 9.95. The lowest BCUT2D eigenvalue weighted by molar-refractivity contribution is 0.251. The van der Waals surface area contributed by atoms with Crippen molar-refractivity contribution in [2.24, 2.45) is 0 Å². The maximum Gasteiger partial charge on any atom is 0.319 e. The lowest BCUT2D eigenvalue weighted by atomic mass is 10.2. The number of thiazole rings is 1. The summed E-state index contributed by atoms with van der Waals surface area (Å²) in [6.45, 7) is 6.21. The van der Waals surface area contributed by atoms with E-state index < -0.39 is 0 Å². The molecule has 2 rings (SSSR count). The highest BCUT2D eigenvalue weighted by Gasteiger charge is 2.11. The molecule has 0 spiro atoms. The van der Waals surface area contributed by atoms with Crippen LogP contribution in [-0.2, 0) is 0 Å². The van der Waals surface area contributed by atoms with Crippen molar-refractivity contribution in [2.45, 2.75) is 26.7 Å². The van der Waals surface area contributed by atoms with E-state index in [0.29, 0.717) is 17.8 Å². The first-order valence-electron chi connectivity index (χ1n) is 6.62. The number of carbonyl (C=O) groups excluding carboxylic acids is 1. The summed E-state index contributed by atoms with van der Waals surface area (Å²) in [7, 11) is 0. The maximum atomic E-state index is 11.8. The van der Waals surface area contributed by atoms with Crippen molar-refractivity contribution in [3.63, 3.8) is 0 Å². The maximum absolute atomic E-state index is 11.8. The number of nitrogens with one attached hydrogen (secondary N) is 3. The molecule has 0 unspecified atom stereocenters. The van der Waals surface area contributed by atoms with Crippen molar-refractivity contribution in [1.82, 2.24) is 15.3 Å². The second kappa shape index (κ2) is 6.53. The quantitative estimate of drug-likeness (QED) is 0.810. The Labute approximate surface area is 126 Å². The molecular weight excluding hydrogens is 288 g/mol. The molecule has 2 heterocycles. The van der Waals surface area contributed by atoms with Crippen LogP contribution in [0.5, 0.6) is 0 Å². The molecule has 6 nitrogen and oxygen atoms in total. The van der Waals surface area contributed by atoms with Gasteiger partial charge in [0, 0.05) is 35.3 Å². The number of aromatic nitrogens is 2. The summed E-state index contributed by atoms with van der Waals surface area (Å²) < 4.78 is 0. The Morgan fingerprint density at radius 3 is 2.86 bits per heavy atom. The zero-order valence-corrected chi connectivity index (χ0v) is 13.0. The van der Waals surface area contributed by atoms with E-state index in [1.807, 2.05) is 20.0 Å². The Balaban J connectivity index is 1.87. The third-order valence-electron chi connectivity index (χ3n) is 2.98. The normalized spacial score (nSPS) is 12.0. The van der Waals surface area contributed by atoms with Crippen LogP contribution in [0.1, 0.15) is 28.3 Å². The fourth-order valence-corrected chi connectivity index (χ4v) is 2.60. The highest BCUT2D eigenvalue weighted by atomic mass is 32.1. The number of hydrogen-bond acceptors (Lipinski definition) is 4. The fourth-order valence-electron chi connectivity index (χ4n) is 1.78. The molecule has 2 aromatic heterocycles. The number of pyridine rings is 1. The average Bonchev–Trinajstić information content (AvgIpc) is 2.87. The van der Waals surface area contributed by atoms with Gasteiger partial charge in [0.2, 0.25) is 0 Å². The smallest absolute Gasteiger partial charge is 0.319 e. The molecule has 0 radical (unpaired) electrons. The number of amides is 2. The van der Waals surface area contributed by atoms with Gasteiger partial charge in [-0.25, -0.2) is 9.78 Å². The SMILES string of the molecule is Cc1cnc([C@@H](C)CNC(=O)Nc2c[nH]c(=O)c(C)c2)s1. The first kappa shape index (κ1) is 15.2. The van der Waals surface area contributed by atoms with E-state index in [1.165, 1.54) is 6.20 Å². The molecule has 0 aliphatic heterocycles. The Morgan fingerprint density at radius 1 is 1.48 bits per heavy atom. The van der Waals surface area contributed by atoms with Crippen molar-refractivity contribution in [3.05, 3.63) is 44.3 Å². The number of urea groups is 1. The molecule has 0 bridgehead atoms. The summed E-state index contributed by atoms with van der Waals surface area (Å²) in [4.78, 5) is 31.1. The summed E-state index contributed by atoms with van der Waals surface area (Å²) in [5.74, 6) is 0.159. The summed E-state index contributed by atoms with van der Waals surface area (Å²) >= 11 is 1.63. The van der Waals surface area contributed by atoms with Gasteiger partial charge < -0.3 is 15.6 Å².